The molecule has 0 unspecified atom stereocenters. The van der Waals surface area contributed by atoms with Gasteiger partial charge >= 0.3 is 0 Å². The molecule has 0 aliphatic rings. The van der Waals surface area contributed by atoms with Crippen LogP contribution in [0.4, 0.5) is 17.1 Å². The van der Waals surface area contributed by atoms with Gasteiger partial charge < -0.3 is 4.90 Å². The summed E-state index contributed by atoms with van der Waals surface area (Å²) in [6.45, 7) is 0. The van der Waals surface area contributed by atoms with Crippen molar-refractivity contribution in [1.29, 1.82) is 0 Å². The molecule has 230 valence electrons. The van der Waals surface area contributed by atoms with Gasteiger partial charge in [0.1, 0.15) is 0 Å². The molecular formula is C48H33N. The molecular weight excluding hydrogens is 591 g/mol. The number of hydrogen-bond donors (Lipinski definition) is 0. The highest BCUT2D eigenvalue weighted by atomic mass is 15.1. The van der Waals surface area contributed by atoms with E-state index in [1.54, 1.807) is 0 Å². The van der Waals surface area contributed by atoms with Gasteiger partial charge in [-0.2, -0.15) is 0 Å². The molecule has 0 aromatic heterocycles. The van der Waals surface area contributed by atoms with Crippen molar-refractivity contribution in [3.8, 4) is 33.4 Å². The Hall–Kier alpha value is -6.44. The summed E-state index contributed by atoms with van der Waals surface area (Å²) in [6, 6.07) is 72.3. The minimum absolute atomic E-state index is 1.11. The first-order valence-electron chi connectivity index (χ1n) is 16.9. The van der Waals surface area contributed by atoms with Crippen LogP contribution in [-0.4, -0.2) is 0 Å². The fourth-order valence-corrected chi connectivity index (χ4v) is 7.33. The van der Waals surface area contributed by atoms with Crippen LogP contribution < -0.4 is 4.90 Å². The average molecular weight is 624 g/mol. The first-order chi connectivity index (χ1) is 24.3. The van der Waals surface area contributed by atoms with E-state index in [0.717, 1.165) is 17.1 Å². The van der Waals surface area contributed by atoms with Crippen molar-refractivity contribution in [3.05, 3.63) is 200 Å². The Morgan fingerprint density at radius 3 is 1.45 bits per heavy atom. The summed E-state index contributed by atoms with van der Waals surface area (Å²) in [5, 5.41) is 7.61. The molecule has 9 aromatic carbocycles. The van der Waals surface area contributed by atoms with Crippen LogP contribution in [0.3, 0.4) is 0 Å². The Morgan fingerprint density at radius 1 is 0.265 bits per heavy atom. The highest BCUT2D eigenvalue weighted by molar-refractivity contribution is 6.18. The van der Waals surface area contributed by atoms with Crippen LogP contribution in [0, 0.1) is 0 Å². The molecule has 1 heteroatoms. The topological polar surface area (TPSA) is 3.24 Å². The van der Waals surface area contributed by atoms with Crippen LogP contribution in [0.1, 0.15) is 0 Å². The third-order valence-corrected chi connectivity index (χ3v) is 9.65. The van der Waals surface area contributed by atoms with Crippen LogP contribution in [0.2, 0.25) is 0 Å². The van der Waals surface area contributed by atoms with Gasteiger partial charge in [-0.1, -0.05) is 158 Å². The summed E-state index contributed by atoms with van der Waals surface area (Å²) in [7, 11) is 0. The third kappa shape index (κ3) is 5.23. The van der Waals surface area contributed by atoms with Gasteiger partial charge in [0.15, 0.2) is 0 Å². The van der Waals surface area contributed by atoms with Crippen molar-refractivity contribution in [2.75, 3.05) is 4.90 Å². The minimum atomic E-state index is 1.11. The maximum absolute atomic E-state index is 2.35. The molecule has 0 radical (unpaired) electrons. The smallest absolute Gasteiger partial charge is 0.0462 e. The van der Waals surface area contributed by atoms with Gasteiger partial charge in [-0.15, -0.1) is 0 Å². The van der Waals surface area contributed by atoms with Crippen molar-refractivity contribution < 1.29 is 0 Å². The summed E-state index contributed by atoms with van der Waals surface area (Å²) in [4.78, 5) is 2.34. The Morgan fingerprint density at radius 2 is 0.735 bits per heavy atom. The molecule has 0 saturated heterocycles. The molecule has 0 amide bonds. The van der Waals surface area contributed by atoms with E-state index in [0.29, 0.717) is 0 Å². The number of anilines is 3. The molecule has 0 heterocycles. The summed E-state index contributed by atoms with van der Waals surface area (Å²) in [5.74, 6) is 0. The Kier molecular flexibility index (Phi) is 7.22. The monoisotopic (exact) mass is 623 g/mol. The zero-order valence-electron chi connectivity index (χ0n) is 27.0. The molecule has 9 rings (SSSR count). The summed E-state index contributed by atoms with van der Waals surface area (Å²) in [5.41, 5.74) is 10.7. The van der Waals surface area contributed by atoms with Crippen LogP contribution in [0.5, 0.6) is 0 Å². The molecule has 0 spiro atoms. The first-order valence-corrected chi connectivity index (χ1v) is 16.9. The second kappa shape index (κ2) is 12.3. The lowest BCUT2D eigenvalue weighted by Gasteiger charge is -2.26. The Balaban J connectivity index is 1.15. The van der Waals surface area contributed by atoms with Crippen molar-refractivity contribution in [1.82, 2.24) is 0 Å². The lowest BCUT2D eigenvalue weighted by atomic mass is 9.88. The van der Waals surface area contributed by atoms with Gasteiger partial charge in [-0.25, -0.2) is 0 Å². The van der Waals surface area contributed by atoms with Gasteiger partial charge in [0.05, 0.1) is 0 Å². The zero-order valence-corrected chi connectivity index (χ0v) is 27.0. The average Bonchev–Trinajstić information content (AvgIpc) is 3.18. The van der Waals surface area contributed by atoms with Crippen LogP contribution in [-0.2, 0) is 0 Å². The molecule has 0 bridgehead atoms. The van der Waals surface area contributed by atoms with Gasteiger partial charge in [0.25, 0.3) is 0 Å². The van der Waals surface area contributed by atoms with Crippen LogP contribution in [0.15, 0.2) is 200 Å². The van der Waals surface area contributed by atoms with Crippen LogP contribution >= 0.6 is 0 Å². The maximum Gasteiger partial charge on any atom is 0.0462 e. The molecule has 0 fully saturated rings. The molecule has 1 nitrogen and oxygen atoms in total. The molecule has 0 atom stereocenters. The SMILES string of the molecule is c1ccc(-c2cc3ccccc3c3cccc(-c4ccc(N(c5ccccc5)c5ccc(-c6cccc7ccccc67)cc5)cc4)c23)cc1. The van der Waals surface area contributed by atoms with Gasteiger partial charge in [0.2, 0.25) is 0 Å². The van der Waals surface area contributed by atoms with Crippen LogP contribution in [0.25, 0.3) is 65.7 Å². The zero-order chi connectivity index (χ0) is 32.6. The highest BCUT2D eigenvalue weighted by Crippen LogP contribution is 2.42. The number of fused-ring (bicyclic) bond motifs is 4. The van der Waals surface area contributed by atoms with E-state index in [-0.39, 0.29) is 0 Å². The molecule has 0 aliphatic heterocycles. The predicted octanol–water partition coefficient (Wildman–Crippen LogP) is 13.6. The van der Waals surface area contributed by atoms with E-state index < -0.39 is 0 Å². The fraction of sp³-hybridized carbons (Fsp3) is 0. The number of para-hydroxylation sites is 1. The van der Waals surface area contributed by atoms with Gasteiger partial charge in [-0.3, -0.25) is 0 Å². The predicted molar refractivity (Wildman–Crippen MR) is 210 cm³/mol. The number of rotatable bonds is 6. The number of nitrogens with zero attached hydrogens (tertiary/aromatic N) is 1. The molecule has 0 aliphatic carbocycles. The second-order valence-electron chi connectivity index (χ2n) is 12.5. The molecule has 0 N–H and O–H groups in total. The summed E-state index contributed by atoms with van der Waals surface area (Å²) < 4.78 is 0. The molecule has 0 saturated carbocycles. The second-order valence-corrected chi connectivity index (χ2v) is 12.5. The maximum atomic E-state index is 2.35. The highest BCUT2D eigenvalue weighted by Gasteiger charge is 2.16. The quantitative estimate of drug-likeness (QED) is 0.167. The van der Waals surface area contributed by atoms with Crippen molar-refractivity contribution >= 4 is 49.4 Å². The number of hydrogen-bond acceptors (Lipinski definition) is 1. The van der Waals surface area contributed by atoms with Crippen molar-refractivity contribution in [2.24, 2.45) is 0 Å². The fourth-order valence-electron chi connectivity index (χ4n) is 7.33. The number of benzene rings is 9. The van der Waals surface area contributed by atoms with Crippen molar-refractivity contribution in [2.45, 2.75) is 0 Å². The summed E-state index contributed by atoms with van der Waals surface area (Å²) >= 11 is 0. The Bertz CT molecular complexity index is 2560. The van der Waals surface area contributed by atoms with Gasteiger partial charge in [0, 0.05) is 17.1 Å². The van der Waals surface area contributed by atoms with E-state index >= 15 is 0 Å². The Labute approximate surface area is 287 Å². The minimum Gasteiger partial charge on any atom is -0.311 e. The largest absolute Gasteiger partial charge is 0.311 e. The third-order valence-electron chi connectivity index (χ3n) is 9.65. The molecule has 49 heavy (non-hydrogen) atoms. The van der Waals surface area contributed by atoms with E-state index in [1.807, 2.05) is 0 Å². The van der Waals surface area contributed by atoms with E-state index in [2.05, 4.69) is 205 Å². The van der Waals surface area contributed by atoms with E-state index in [9.17, 15) is 0 Å². The van der Waals surface area contributed by atoms with Crippen molar-refractivity contribution in [3.63, 3.8) is 0 Å². The standard InChI is InChI=1S/C48H33N/c1-3-13-35(14-4-1)47-33-38-16-8-10-21-44(38)46-24-12-23-45(48(46)47)37-27-31-41(32-28-37)49(39-18-5-2-6-19-39)40-29-25-36(26-30-40)43-22-11-17-34-15-7-9-20-42(34)43/h1-33H. The molecule has 9 aromatic rings. The first kappa shape index (κ1) is 28.8. The lowest BCUT2D eigenvalue weighted by molar-refractivity contribution is 1.28. The summed E-state index contributed by atoms with van der Waals surface area (Å²) in [6.07, 6.45) is 0. The lowest BCUT2D eigenvalue weighted by Crippen LogP contribution is -2.09. The van der Waals surface area contributed by atoms with E-state index in [4.69, 9.17) is 0 Å². The van der Waals surface area contributed by atoms with E-state index in [1.165, 1.54) is 65.7 Å². The normalized spacial score (nSPS) is 11.3. The van der Waals surface area contributed by atoms with Gasteiger partial charge in [-0.05, 0) is 108 Å².